The number of halogens is 1. The first kappa shape index (κ1) is 15.6. The van der Waals surface area contributed by atoms with Crippen molar-refractivity contribution < 1.29 is 9.18 Å². The summed E-state index contributed by atoms with van der Waals surface area (Å²) >= 11 is 0. The molecule has 0 saturated heterocycles. The molecule has 1 rings (SSSR count). The third-order valence-electron chi connectivity index (χ3n) is 3.06. The Morgan fingerprint density at radius 3 is 2.47 bits per heavy atom. The third-order valence-corrected chi connectivity index (χ3v) is 3.06. The summed E-state index contributed by atoms with van der Waals surface area (Å²) in [4.78, 5) is 16.0. The third kappa shape index (κ3) is 4.63. The summed E-state index contributed by atoms with van der Waals surface area (Å²) in [7, 11) is 4.00. The highest BCUT2D eigenvalue weighted by atomic mass is 19.1. The largest absolute Gasteiger partial charge is 0.339 e. The van der Waals surface area contributed by atoms with Gasteiger partial charge in [0.05, 0.1) is 5.56 Å². The summed E-state index contributed by atoms with van der Waals surface area (Å²) in [5, 5.41) is 0. The van der Waals surface area contributed by atoms with Gasteiger partial charge in [0.15, 0.2) is 0 Å². The minimum atomic E-state index is -0.434. The SMILES string of the molecule is CCN(CCCN(C)C)C(=O)c1ccc(C)cc1F. The molecule has 0 radical (unpaired) electrons. The van der Waals surface area contributed by atoms with Crippen molar-refractivity contribution in [2.24, 2.45) is 0 Å². The first-order valence-electron chi connectivity index (χ1n) is 6.65. The Labute approximate surface area is 115 Å². The molecule has 0 aromatic heterocycles. The van der Waals surface area contributed by atoms with Crippen molar-refractivity contribution in [1.82, 2.24) is 9.80 Å². The highest BCUT2D eigenvalue weighted by Gasteiger charge is 2.17. The molecular formula is C15H23FN2O. The van der Waals surface area contributed by atoms with Crippen LogP contribution in [0.15, 0.2) is 18.2 Å². The van der Waals surface area contributed by atoms with Crippen molar-refractivity contribution in [2.45, 2.75) is 20.3 Å². The van der Waals surface area contributed by atoms with Crippen molar-refractivity contribution >= 4 is 5.91 Å². The molecule has 0 unspecified atom stereocenters. The van der Waals surface area contributed by atoms with Crippen molar-refractivity contribution in [2.75, 3.05) is 33.7 Å². The monoisotopic (exact) mass is 266 g/mol. The normalized spacial score (nSPS) is 10.8. The van der Waals surface area contributed by atoms with Gasteiger partial charge in [-0.25, -0.2) is 4.39 Å². The van der Waals surface area contributed by atoms with E-state index in [0.29, 0.717) is 13.1 Å². The van der Waals surface area contributed by atoms with Gasteiger partial charge in [-0.1, -0.05) is 6.07 Å². The molecule has 3 nitrogen and oxygen atoms in total. The Morgan fingerprint density at radius 1 is 1.26 bits per heavy atom. The van der Waals surface area contributed by atoms with E-state index in [1.54, 1.807) is 17.0 Å². The second kappa shape index (κ2) is 7.24. The van der Waals surface area contributed by atoms with Gasteiger partial charge in [-0.15, -0.1) is 0 Å². The van der Waals surface area contributed by atoms with E-state index in [0.717, 1.165) is 18.5 Å². The number of carbonyl (C=O) groups is 1. The maximum atomic E-state index is 13.8. The number of carbonyl (C=O) groups excluding carboxylic acids is 1. The molecule has 1 amide bonds. The van der Waals surface area contributed by atoms with Gasteiger partial charge in [0, 0.05) is 13.1 Å². The summed E-state index contributed by atoms with van der Waals surface area (Å²) in [5.41, 5.74) is 0.988. The van der Waals surface area contributed by atoms with E-state index in [9.17, 15) is 9.18 Å². The number of aryl methyl sites for hydroxylation is 1. The average molecular weight is 266 g/mol. The van der Waals surface area contributed by atoms with Crippen molar-refractivity contribution in [3.63, 3.8) is 0 Å². The minimum absolute atomic E-state index is 0.164. The van der Waals surface area contributed by atoms with Gasteiger partial charge in [-0.2, -0.15) is 0 Å². The quantitative estimate of drug-likeness (QED) is 0.790. The molecule has 0 N–H and O–H groups in total. The molecule has 1 aromatic rings. The van der Waals surface area contributed by atoms with Gasteiger partial charge in [0.1, 0.15) is 5.82 Å². The van der Waals surface area contributed by atoms with Crippen LogP contribution in [0.1, 0.15) is 29.3 Å². The van der Waals surface area contributed by atoms with Gasteiger partial charge in [-0.3, -0.25) is 4.79 Å². The van der Waals surface area contributed by atoms with Crippen LogP contribution < -0.4 is 0 Å². The fraction of sp³-hybridized carbons (Fsp3) is 0.533. The second-order valence-electron chi connectivity index (χ2n) is 5.02. The summed E-state index contributed by atoms with van der Waals surface area (Å²) in [5.74, 6) is -0.658. The molecule has 19 heavy (non-hydrogen) atoms. The highest BCUT2D eigenvalue weighted by Crippen LogP contribution is 2.13. The Morgan fingerprint density at radius 2 is 1.95 bits per heavy atom. The predicted octanol–water partition coefficient (Wildman–Crippen LogP) is 2.55. The average Bonchev–Trinajstić information content (AvgIpc) is 2.33. The summed E-state index contributed by atoms with van der Waals surface area (Å²) in [6.45, 7) is 5.90. The van der Waals surface area contributed by atoms with Crippen LogP contribution in [0, 0.1) is 12.7 Å². The zero-order chi connectivity index (χ0) is 14.4. The van der Waals surface area contributed by atoms with Gasteiger partial charge in [0.2, 0.25) is 0 Å². The summed E-state index contributed by atoms with van der Waals surface area (Å²) in [6.07, 6.45) is 0.889. The maximum absolute atomic E-state index is 13.8. The van der Waals surface area contributed by atoms with Gasteiger partial charge >= 0.3 is 0 Å². The smallest absolute Gasteiger partial charge is 0.256 e. The predicted molar refractivity (Wildman–Crippen MR) is 75.9 cm³/mol. The van der Waals surface area contributed by atoms with Crippen LogP contribution in [0.2, 0.25) is 0 Å². The Hall–Kier alpha value is -1.42. The minimum Gasteiger partial charge on any atom is -0.339 e. The van der Waals surface area contributed by atoms with Crippen LogP contribution in [-0.2, 0) is 0 Å². The van der Waals surface area contributed by atoms with E-state index in [-0.39, 0.29) is 11.5 Å². The number of amides is 1. The van der Waals surface area contributed by atoms with Crippen LogP contribution in [0.25, 0.3) is 0 Å². The van der Waals surface area contributed by atoms with Gasteiger partial charge < -0.3 is 9.80 Å². The molecule has 0 aliphatic heterocycles. The van der Waals surface area contributed by atoms with E-state index in [1.165, 1.54) is 6.07 Å². The molecule has 0 fully saturated rings. The zero-order valence-electron chi connectivity index (χ0n) is 12.2. The van der Waals surface area contributed by atoms with E-state index >= 15 is 0 Å². The first-order valence-corrected chi connectivity index (χ1v) is 6.65. The maximum Gasteiger partial charge on any atom is 0.256 e. The first-order chi connectivity index (χ1) is 8.95. The molecule has 1 aromatic carbocycles. The van der Waals surface area contributed by atoms with Crippen LogP contribution >= 0.6 is 0 Å². The molecule has 0 spiro atoms. The number of hydrogen-bond donors (Lipinski definition) is 0. The molecule has 4 heteroatoms. The zero-order valence-corrected chi connectivity index (χ0v) is 12.2. The summed E-state index contributed by atoms with van der Waals surface area (Å²) in [6, 6.07) is 4.74. The van der Waals surface area contributed by atoms with E-state index in [4.69, 9.17) is 0 Å². The van der Waals surface area contributed by atoms with Crippen LogP contribution in [-0.4, -0.2) is 49.4 Å². The molecule has 0 atom stereocenters. The molecule has 0 bridgehead atoms. The highest BCUT2D eigenvalue weighted by molar-refractivity contribution is 5.94. The number of hydrogen-bond acceptors (Lipinski definition) is 2. The van der Waals surface area contributed by atoms with Crippen LogP contribution in [0.3, 0.4) is 0 Å². The molecular weight excluding hydrogens is 243 g/mol. The Kier molecular flexibility index (Phi) is 5.96. The van der Waals surface area contributed by atoms with E-state index < -0.39 is 5.82 Å². The molecule has 0 aliphatic carbocycles. The Balaban J connectivity index is 2.72. The van der Waals surface area contributed by atoms with Crippen molar-refractivity contribution in [1.29, 1.82) is 0 Å². The fourth-order valence-electron chi connectivity index (χ4n) is 1.94. The summed E-state index contributed by atoms with van der Waals surface area (Å²) < 4.78 is 13.8. The van der Waals surface area contributed by atoms with Crippen LogP contribution in [0.4, 0.5) is 4.39 Å². The molecule has 0 saturated carbocycles. The van der Waals surface area contributed by atoms with Crippen molar-refractivity contribution in [3.05, 3.63) is 35.1 Å². The lowest BCUT2D eigenvalue weighted by Crippen LogP contribution is -2.33. The van der Waals surface area contributed by atoms with Crippen LogP contribution in [0.5, 0.6) is 0 Å². The lowest BCUT2D eigenvalue weighted by Gasteiger charge is -2.22. The molecule has 106 valence electrons. The lowest BCUT2D eigenvalue weighted by atomic mass is 10.1. The topological polar surface area (TPSA) is 23.6 Å². The molecule has 0 heterocycles. The Bertz CT molecular complexity index is 432. The number of benzene rings is 1. The number of nitrogens with zero attached hydrogens (tertiary/aromatic N) is 2. The van der Waals surface area contributed by atoms with Crippen molar-refractivity contribution in [3.8, 4) is 0 Å². The van der Waals surface area contributed by atoms with E-state index in [1.807, 2.05) is 27.9 Å². The fourth-order valence-corrected chi connectivity index (χ4v) is 1.94. The lowest BCUT2D eigenvalue weighted by molar-refractivity contribution is 0.0754. The second-order valence-corrected chi connectivity index (χ2v) is 5.02. The van der Waals surface area contributed by atoms with E-state index in [2.05, 4.69) is 4.90 Å². The van der Waals surface area contributed by atoms with Gasteiger partial charge in [0.25, 0.3) is 5.91 Å². The number of rotatable bonds is 6. The molecule has 0 aliphatic rings. The van der Waals surface area contributed by atoms with Gasteiger partial charge in [-0.05, 0) is 58.6 Å². The standard InChI is InChI=1S/C15H23FN2O/c1-5-18(10-6-9-17(3)4)15(19)13-8-7-12(2)11-14(13)16/h7-8,11H,5-6,9-10H2,1-4H3.